The van der Waals surface area contributed by atoms with Crippen molar-refractivity contribution in [1.29, 1.82) is 0 Å². The summed E-state index contributed by atoms with van der Waals surface area (Å²) in [5.41, 5.74) is 1.11. The summed E-state index contributed by atoms with van der Waals surface area (Å²) >= 11 is 0. The number of aromatic nitrogens is 1. The van der Waals surface area contributed by atoms with Crippen LogP contribution in [0.1, 0.15) is 31.2 Å². The molecule has 1 aromatic rings. The molecule has 0 aromatic carbocycles. The molecule has 1 aliphatic heterocycles. The number of likely N-dealkylation sites (tertiary alicyclic amines) is 1. The fourth-order valence-corrected chi connectivity index (χ4v) is 3.22. The van der Waals surface area contributed by atoms with Crippen molar-refractivity contribution in [3.63, 3.8) is 0 Å². The predicted molar refractivity (Wildman–Crippen MR) is 109 cm³/mol. The normalized spacial score (nSPS) is 18.6. The first-order chi connectivity index (χ1) is 13.7. The van der Waals surface area contributed by atoms with Crippen molar-refractivity contribution >= 4 is 11.9 Å². The van der Waals surface area contributed by atoms with Gasteiger partial charge in [0.2, 0.25) is 11.8 Å². The van der Waals surface area contributed by atoms with Gasteiger partial charge in [0, 0.05) is 52.0 Å². The maximum Gasteiger partial charge on any atom is 0.233 e. The summed E-state index contributed by atoms with van der Waals surface area (Å²) in [6.07, 6.45) is 6.32. The van der Waals surface area contributed by atoms with Crippen LogP contribution in [0.25, 0.3) is 0 Å². The van der Waals surface area contributed by atoms with Crippen LogP contribution in [-0.4, -0.2) is 68.1 Å². The van der Waals surface area contributed by atoms with E-state index in [9.17, 15) is 4.79 Å². The average molecular weight is 389 g/mol. The lowest BCUT2D eigenvalue weighted by atomic mass is 10.1. The molecule has 0 unspecified atom stereocenters. The minimum Gasteiger partial charge on any atom is -0.477 e. The van der Waals surface area contributed by atoms with Gasteiger partial charge in [0.25, 0.3) is 0 Å². The van der Waals surface area contributed by atoms with Gasteiger partial charge >= 0.3 is 0 Å². The first-order valence-corrected chi connectivity index (χ1v) is 10.1. The van der Waals surface area contributed by atoms with Gasteiger partial charge in [0.1, 0.15) is 0 Å². The monoisotopic (exact) mass is 388 g/mol. The Morgan fingerprint density at radius 3 is 2.79 bits per heavy atom. The zero-order valence-corrected chi connectivity index (χ0v) is 16.9. The Morgan fingerprint density at radius 1 is 1.32 bits per heavy atom. The Bertz CT molecular complexity index is 668. The minimum absolute atomic E-state index is 0.0710. The Balaban J connectivity index is 1.40. The summed E-state index contributed by atoms with van der Waals surface area (Å²) in [5.74, 6) is 2.27. The molecule has 0 radical (unpaired) electrons. The number of carbonyl (C=O) groups is 1. The van der Waals surface area contributed by atoms with Crippen molar-refractivity contribution in [3.8, 4) is 5.88 Å². The highest BCUT2D eigenvalue weighted by atomic mass is 16.5. The second kappa shape index (κ2) is 10.3. The van der Waals surface area contributed by atoms with Crippen LogP contribution in [0.3, 0.4) is 0 Å². The van der Waals surface area contributed by atoms with E-state index in [1.807, 2.05) is 12.1 Å². The second-order valence-corrected chi connectivity index (χ2v) is 7.55. The number of likely N-dealkylation sites (N-methyl/N-ethyl adjacent to an activating group) is 1. The molecule has 1 amide bonds. The van der Waals surface area contributed by atoms with E-state index in [0.717, 1.165) is 50.0 Å². The van der Waals surface area contributed by atoms with Gasteiger partial charge in [-0.2, -0.15) is 0 Å². The van der Waals surface area contributed by atoms with E-state index in [1.165, 1.54) is 12.8 Å². The highest BCUT2D eigenvalue weighted by Crippen LogP contribution is 2.29. The molecule has 1 aromatic heterocycles. The Kier molecular flexibility index (Phi) is 7.47. The first kappa shape index (κ1) is 20.4. The molecule has 1 saturated carbocycles. The first-order valence-electron chi connectivity index (χ1n) is 10.1. The Hall–Kier alpha value is -2.35. The summed E-state index contributed by atoms with van der Waals surface area (Å²) in [7, 11) is 3.46. The van der Waals surface area contributed by atoms with Crippen molar-refractivity contribution in [3.05, 3.63) is 23.9 Å². The van der Waals surface area contributed by atoms with Crippen LogP contribution in [0.5, 0.6) is 5.88 Å². The number of rotatable bonds is 8. The van der Waals surface area contributed by atoms with Gasteiger partial charge in [-0.1, -0.05) is 0 Å². The summed E-state index contributed by atoms with van der Waals surface area (Å²) in [6, 6.07) is 4.34. The zero-order chi connectivity index (χ0) is 19.8. The van der Waals surface area contributed by atoms with E-state index >= 15 is 0 Å². The third-order valence-corrected chi connectivity index (χ3v) is 5.22. The van der Waals surface area contributed by atoms with Gasteiger partial charge in [-0.3, -0.25) is 14.7 Å². The molecule has 8 heteroatoms. The third kappa shape index (κ3) is 6.67. The summed E-state index contributed by atoms with van der Waals surface area (Å²) in [5, 5.41) is 9.54. The van der Waals surface area contributed by atoms with E-state index in [0.29, 0.717) is 25.0 Å². The van der Waals surface area contributed by atoms with Crippen molar-refractivity contribution in [2.45, 2.75) is 38.3 Å². The van der Waals surface area contributed by atoms with E-state index in [-0.39, 0.29) is 5.91 Å². The Labute approximate surface area is 167 Å². The average Bonchev–Trinajstić information content (AvgIpc) is 3.55. The molecular weight excluding hydrogens is 356 g/mol. The van der Waals surface area contributed by atoms with Crippen LogP contribution in [0.2, 0.25) is 0 Å². The molecule has 1 aliphatic carbocycles. The van der Waals surface area contributed by atoms with Crippen molar-refractivity contribution in [1.82, 2.24) is 25.8 Å². The molecule has 1 saturated heterocycles. The lowest BCUT2D eigenvalue weighted by molar-refractivity contribution is -0.122. The van der Waals surface area contributed by atoms with E-state index in [1.54, 1.807) is 20.3 Å². The number of pyridine rings is 1. The fourth-order valence-electron chi connectivity index (χ4n) is 3.22. The van der Waals surface area contributed by atoms with Crippen LogP contribution in [0.15, 0.2) is 23.3 Å². The zero-order valence-electron chi connectivity index (χ0n) is 16.9. The third-order valence-electron chi connectivity index (χ3n) is 5.22. The molecular formula is C20H32N6O2. The van der Waals surface area contributed by atoms with Gasteiger partial charge in [-0.15, -0.1) is 0 Å². The molecule has 154 valence electrons. The molecule has 2 aliphatic rings. The molecule has 0 spiro atoms. The van der Waals surface area contributed by atoms with Crippen LogP contribution < -0.4 is 20.7 Å². The molecule has 3 N–H and O–H groups in total. The maximum atomic E-state index is 11.5. The predicted octanol–water partition coefficient (Wildman–Crippen LogP) is 0.746. The van der Waals surface area contributed by atoms with Gasteiger partial charge in [-0.05, 0) is 43.2 Å². The number of aliphatic imine (C=N–C) groups is 1. The fraction of sp³-hybridized carbons (Fsp3) is 0.650. The number of nitrogens with zero attached hydrogens (tertiary/aromatic N) is 3. The van der Waals surface area contributed by atoms with Gasteiger partial charge in [0.15, 0.2) is 5.96 Å². The van der Waals surface area contributed by atoms with Gasteiger partial charge in [0.05, 0.1) is 13.2 Å². The van der Waals surface area contributed by atoms with Crippen LogP contribution in [0, 0.1) is 5.92 Å². The SMILES string of the molecule is CN=C(NCc1ccnc(OCC2CC2)c1)NC1CCN(CC(=O)NC)CC1. The lowest BCUT2D eigenvalue weighted by Gasteiger charge is -2.32. The summed E-state index contributed by atoms with van der Waals surface area (Å²) < 4.78 is 5.75. The smallest absolute Gasteiger partial charge is 0.233 e. The van der Waals surface area contributed by atoms with E-state index < -0.39 is 0 Å². The molecule has 8 nitrogen and oxygen atoms in total. The standard InChI is InChI=1S/C20H32N6O2/c1-21-18(27)13-26-9-6-17(7-10-26)25-20(22-2)24-12-16-5-8-23-19(11-16)28-14-15-3-4-15/h5,8,11,15,17H,3-4,6-7,9-10,12-14H2,1-2H3,(H,21,27)(H2,22,24,25). The number of piperidine rings is 1. The largest absolute Gasteiger partial charge is 0.477 e. The second-order valence-electron chi connectivity index (χ2n) is 7.55. The van der Waals surface area contributed by atoms with Crippen LogP contribution in [-0.2, 0) is 11.3 Å². The van der Waals surface area contributed by atoms with E-state index in [4.69, 9.17) is 4.74 Å². The number of nitrogens with one attached hydrogen (secondary N) is 3. The summed E-state index contributed by atoms with van der Waals surface area (Å²) in [6.45, 7) is 3.73. The molecule has 0 bridgehead atoms. The number of carbonyl (C=O) groups excluding carboxylic acids is 1. The molecule has 28 heavy (non-hydrogen) atoms. The highest BCUT2D eigenvalue weighted by molar-refractivity contribution is 5.80. The molecule has 2 heterocycles. The van der Waals surface area contributed by atoms with Crippen molar-refractivity contribution < 1.29 is 9.53 Å². The van der Waals surface area contributed by atoms with E-state index in [2.05, 4.69) is 30.8 Å². The minimum atomic E-state index is 0.0710. The Morgan fingerprint density at radius 2 is 2.11 bits per heavy atom. The number of hydrogen-bond acceptors (Lipinski definition) is 5. The molecule has 0 atom stereocenters. The number of guanidine groups is 1. The van der Waals surface area contributed by atoms with Gasteiger partial charge in [-0.25, -0.2) is 4.98 Å². The van der Waals surface area contributed by atoms with Crippen molar-refractivity contribution in [2.75, 3.05) is 40.3 Å². The van der Waals surface area contributed by atoms with Crippen LogP contribution in [0.4, 0.5) is 0 Å². The molecule has 3 rings (SSSR count). The number of hydrogen-bond donors (Lipinski definition) is 3. The van der Waals surface area contributed by atoms with Gasteiger partial charge < -0.3 is 20.7 Å². The summed E-state index contributed by atoms with van der Waals surface area (Å²) in [4.78, 5) is 22.3. The lowest BCUT2D eigenvalue weighted by Crippen LogP contribution is -2.49. The van der Waals surface area contributed by atoms with Crippen molar-refractivity contribution in [2.24, 2.45) is 10.9 Å². The van der Waals surface area contributed by atoms with Crippen LogP contribution >= 0.6 is 0 Å². The maximum absolute atomic E-state index is 11.5. The quantitative estimate of drug-likeness (QED) is 0.450. The topological polar surface area (TPSA) is 90.9 Å². The molecule has 2 fully saturated rings. The highest BCUT2D eigenvalue weighted by Gasteiger charge is 2.22. The number of ether oxygens (including phenoxy) is 1. The number of amides is 1.